The fourth-order valence-electron chi connectivity index (χ4n) is 4.68. The highest BCUT2D eigenvalue weighted by Crippen LogP contribution is 2.19. The number of amides is 4. The number of carboxylic acids is 1. The molecule has 0 spiro atoms. The average Bonchev–Trinajstić information content (AvgIpc) is 3.70. The van der Waals surface area contributed by atoms with Gasteiger partial charge in [0.25, 0.3) is 0 Å². The van der Waals surface area contributed by atoms with Gasteiger partial charge in [-0.1, -0.05) is 18.2 Å². The van der Waals surface area contributed by atoms with Crippen molar-refractivity contribution in [2.75, 3.05) is 6.54 Å². The minimum Gasteiger partial charge on any atom is -0.480 e. The van der Waals surface area contributed by atoms with Crippen LogP contribution in [0.3, 0.4) is 0 Å². The van der Waals surface area contributed by atoms with Gasteiger partial charge in [0, 0.05) is 41.8 Å². The van der Waals surface area contributed by atoms with Crippen LogP contribution in [0, 0.1) is 0 Å². The van der Waals surface area contributed by atoms with Gasteiger partial charge in [0.05, 0.1) is 18.8 Å². The molecule has 1 aromatic carbocycles. The van der Waals surface area contributed by atoms with Crippen molar-refractivity contribution < 1.29 is 29.1 Å². The molecule has 0 aliphatic carbocycles. The largest absolute Gasteiger partial charge is 0.480 e. The number of hydrogen-bond acceptors (Lipinski definition) is 7. The monoisotopic (exact) mass is 552 g/mol. The number of aliphatic carboxylic acids is 1. The number of carbonyl (C=O) groups excluding carboxylic acids is 4. The van der Waals surface area contributed by atoms with Crippen molar-refractivity contribution in [3.8, 4) is 0 Å². The first-order chi connectivity index (χ1) is 19.2. The SMILES string of the molecule is NC(=O)CC(NC(=O)C1CCCN1)C(=O)NC(Cc1c[nH]c2ccccc12)C(=O)NC(Cc1cnc[nH]1)C(=O)O. The zero-order chi connectivity index (χ0) is 28.6. The lowest BCUT2D eigenvalue weighted by Crippen LogP contribution is -2.58. The molecule has 4 unspecified atom stereocenters. The Kier molecular flexibility index (Phi) is 9.11. The number of aromatic amines is 2. The first kappa shape index (κ1) is 28.3. The van der Waals surface area contributed by atoms with Crippen molar-refractivity contribution in [3.05, 3.63) is 54.2 Å². The van der Waals surface area contributed by atoms with Crippen LogP contribution in [0.1, 0.15) is 30.5 Å². The second kappa shape index (κ2) is 12.9. The van der Waals surface area contributed by atoms with Gasteiger partial charge in [-0.3, -0.25) is 19.2 Å². The van der Waals surface area contributed by atoms with E-state index < -0.39 is 60.2 Å². The maximum Gasteiger partial charge on any atom is 0.326 e. The van der Waals surface area contributed by atoms with Gasteiger partial charge >= 0.3 is 5.97 Å². The number of rotatable bonds is 13. The second-order valence-electron chi connectivity index (χ2n) is 9.69. The predicted molar refractivity (Wildman–Crippen MR) is 143 cm³/mol. The minimum atomic E-state index is -1.33. The van der Waals surface area contributed by atoms with Gasteiger partial charge in [-0.2, -0.15) is 0 Å². The van der Waals surface area contributed by atoms with E-state index in [0.29, 0.717) is 24.2 Å². The number of hydrogen-bond donors (Lipinski definition) is 8. The highest BCUT2D eigenvalue weighted by atomic mass is 16.4. The van der Waals surface area contributed by atoms with Gasteiger partial charge in [-0.15, -0.1) is 0 Å². The fourth-order valence-corrected chi connectivity index (χ4v) is 4.68. The lowest BCUT2D eigenvalue weighted by molar-refractivity contribution is -0.142. The molecule has 4 atom stereocenters. The van der Waals surface area contributed by atoms with E-state index in [1.54, 1.807) is 6.20 Å². The maximum absolute atomic E-state index is 13.4. The quantitative estimate of drug-likeness (QED) is 0.129. The van der Waals surface area contributed by atoms with Crippen LogP contribution in [-0.4, -0.2) is 80.4 Å². The number of nitrogens with two attached hydrogens (primary N) is 1. The molecule has 9 N–H and O–H groups in total. The summed E-state index contributed by atoms with van der Waals surface area (Å²) in [7, 11) is 0. The molecule has 0 bridgehead atoms. The summed E-state index contributed by atoms with van der Waals surface area (Å²) in [5, 5.41) is 21.2. The van der Waals surface area contributed by atoms with Crippen LogP contribution in [-0.2, 0) is 36.8 Å². The number of aromatic nitrogens is 3. The summed E-state index contributed by atoms with van der Waals surface area (Å²) in [5.41, 5.74) is 7.35. The molecular formula is C26H32N8O6. The van der Waals surface area contributed by atoms with E-state index in [2.05, 4.69) is 36.2 Å². The Morgan fingerprint density at radius 1 is 1.00 bits per heavy atom. The summed E-state index contributed by atoms with van der Waals surface area (Å²) >= 11 is 0. The number of H-pyrrole nitrogens is 2. The van der Waals surface area contributed by atoms with Crippen LogP contribution < -0.4 is 27.0 Å². The molecule has 2 aromatic heterocycles. The van der Waals surface area contributed by atoms with Gasteiger partial charge in [0.1, 0.15) is 18.1 Å². The van der Waals surface area contributed by atoms with E-state index in [1.165, 1.54) is 12.5 Å². The molecule has 1 saturated heterocycles. The van der Waals surface area contributed by atoms with Crippen LogP contribution in [0.2, 0.25) is 0 Å². The minimum absolute atomic E-state index is 0.000594. The number of para-hydroxylation sites is 1. The Hall–Kier alpha value is -4.72. The number of benzene rings is 1. The van der Waals surface area contributed by atoms with Gasteiger partial charge < -0.3 is 42.1 Å². The summed E-state index contributed by atoms with van der Waals surface area (Å²) in [6.45, 7) is 0.654. The zero-order valence-corrected chi connectivity index (χ0v) is 21.6. The van der Waals surface area contributed by atoms with E-state index in [0.717, 1.165) is 17.3 Å². The number of imidazole rings is 1. The number of fused-ring (bicyclic) bond motifs is 1. The third-order valence-corrected chi connectivity index (χ3v) is 6.74. The topological polar surface area (TPSA) is 224 Å². The molecule has 0 saturated carbocycles. The van der Waals surface area contributed by atoms with E-state index in [9.17, 15) is 29.1 Å². The van der Waals surface area contributed by atoms with E-state index in [4.69, 9.17) is 5.73 Å². The van der Waals surface area contributed by atoms with Crippen molar-refractivity contribution in [3.63, 3.8) is 0 Å². The third kappa shape index (κ3) is 7.22. The van der Waals surface area contributed by atoms with Crippen molar-refractivity contribution in [1.82, 2.24) is 36.2 Å². The molecule has 1 fully saturated rings. The van der Waals surface area contributed by atoms with Gasteiger partial charge in [-0.25, -0.2) is 9.78 Å². The molecule has 1 aliphatic heterocycles. The summed E-state index contributed by atoms with van der Waals surface area (Å²) in [5.74, 6) is -4.11. The van der Waals surface area contributed by atoms with Crippen LogP contribution in [0.5, 0.6) is 0 Å². The van der Waals surface area contributed by atoms with Gasteiger partial charge in [0.2, 0.25) is 23.6 Å². The highest BCUT2D eigenvalue weighted by molar-refractivity contribution is 5.96. The van der Waals surface area contributed by atoms with Crippen LogP contribution in [0.4, 0.5) is 0 Å². The van der Waals surface area contributed by atoms with E-state index in [-0.39, 0.29) is 12.8 Å². The molecule has 0 radical (unpaired) electrons. The molecule has 3 heterocycles. The van der Waals surface area contributed by atoms with Crippen LogP contribution in [0.25, 0.3) is 10.9 Å². The molecule has 40 heavy (non-hydrogen) atoms. The van der Waals surface area contributed by atoms with Crippen LogP contribution in [0.15, 0.2) is 43.0 Å². The molecule has 4 rings (SSSR count). The van der Waals surface area contributed by atoms with Gasteiger partial charge in [0.15, 0.2) is 0 Å². The first-order valence-corrected chi connectivity index (χ1v) is 12.9. The lowest BCUT2D eigenvalue weighted by atomic mass is 10.0. The predicted octanol–water partition coefficient (Wildman–Crippen LogP) is -1.16. The first-order valence-electron chi connectivity index (χ1n) is 12.9. The van der Waals surface area contributed by atoms with E-state index >= 15 is 0 Å². The number of carbonyl (C=O) groups is 5. The Balaban J connectivity index is 1.55. The Bertz CT molecular complexity index is 1360. The number of nitrogens with one attached hydrogen (secondary N) is 6. The Morgan fingerprint density at radius 2 is 1.75 bits per heavy atom. The standard InChI is InChI=1S/C26H32N8O6/c27-22(35)10-20(33-23(36)18-6-3-7-29-18)25(38)32-19(8-14-11-30-17-5-2-1-4-16(14)17)24(37)34-21(26(39)40)9-15-12-28-13-31-15/h1-2,4-5,11-13,18-21,29-30H,3,6-10H2,(H2,27,35)(H,28,31)(H,32,38)(H,33,36)(H,34,37)(H,39,40). The molecular weight excluding hydrogens is 520 g/mol. The molecule has 4 amide bonds. The number of nitrogens with zero attached hydrogens (tertiary/aromatic N) is 1. The Labute approximate surface area is 228 Å². The second-order valence-corrected chi connectivity index (χ2v) is 9.69. The van der Waals surface area contributed by atoms with Crippen molar-refractivity contribution in [1.29, 1.82) is 0 Å². The van der Waals surface area contributed by atoms with Crippen LogP contribution >= 0.6 is 0 Å². The summed E-state index contributed by atoms with van der Waals surface area (Å²) < 4.78 is 0. The molecule has 1 aliphatic rings. The number of carboxylic acid groups (broad SMARTS) is 1. The normalized spacial score (nSPS) is 17.1. The van der Waals surface area contributed by atoms with Gasteiger partial charge in [-0.05, 0) is 31.0 Å². The smallest absolute Gasteiger partial charge is 0.326 e. The Morgan fingerprint density at radius 3 is 2.42 bits per heavy atom. The molecule has 14 nitrogen and oxygen atoms in total. The lowest BCUT2D eigenvalue weighted by Gasteiger charge is -2.25. The molecule has 212 valence electrons. The third-order valence-electron chi connectivity index (χ3n) is 6.74. The van der Waals surface area contributed by atoms with E-state index in [1.807, 2.05) is 24.3 Å². The summed E-state index contributed by atoms with van der Waals surface area (Å²) in [4.78, 5) is 72.9. The highest BCUT2D eigenvalue weighted by Gasteiger charge is 2.33. The summed E-state index contributed by atoms with van der Waals surface area (Å²) in [6, 6.07) is 2.98. The fraction of sp³-hybridized carbons (Fsp3) is 0.385. The summed E-state index contributed by atoms with van der Waals surface area (Å²) in [6.07, 6.45) is 5.36. The average molecular weight is 553 g/mol. The molecule has 14 heteroatoms. The zero-order valence-electron chi connectivity index (χ0n) is 21.6. The van der Waals surface area contributed by atoms with Crippen molar-refractivity contribution in [2.24, 2.45) is 5.73 Å². The molecule has 3 aromatic rings. The van der Waals surface area contributed by atoms with Crippen molar-refractivity contribution in [2.45, 2.75) is 56.3 Å². The maximum atomic E-state index is 13.4. The number of primary amides is 1. The van der Waals surface area contributed by atoms with Crippen molar-refractivity contribution >= 4 is 40.5 Å².